The lowest BCUT2D eigenvalue weighted by Crippen LogP contribution is -2.59. The topological polar surface area (TPSA) is 41.6 Å². The lowest BCUT2D eigenvalue weighted by molar-refractivity contribution is -0.117. The molecule has 2 aliphatic rings. The quantitative estimate of drug-likeness (QED) is 0.819. The number of morpholine rings is 1. The normalized spacial score (nSPS) is 21.4. The summed E-state index contributed by atoms with van der Waals surface area (Å²) in [5, 5.41) is 3.09. The molecule has 0 bridgehead atoms. The lowest BCUT2D eigenvalue weighted by Gasteiger charge is -2.48. The zero-order valence-electron chi connectivity index (χ0n) is 15.6. The zero-order chi connectivity index (χ0) is 18.4. The molecule has 4 nitrogen and oxygen atoms in total. The SMILES string of the molecule is CC(=CC(=O)NCC1(N2CCOCC2)CCCCC1)c1ccccc1F. The summed E-state index contributed by atoms with van der Waals surface area (Å²) in [6, 6.07) is 6.55. The second-order valence-corrected chi connectivity index (χ2v) is 7.41. The molecule has 1 heterocycles. The third-order valence-corrected chi connectivity index (χ3v) is 5.70. The first-order chi connectivity index (χ1) is 12.6. The molecule has 1 aromatic carbocycles. The minimum atomic E-state index is -0.300. The molecule has 1 aromatic rings. The number of nitrogens with one attached hydrogen (secondary N) is 1. The monoisotopic (exact) mass is 360 g/mol. The highest BCUT2D eigenvalue weighted by Crippen LogP contribution is 2.33. The Kier molecular flexibility index (Phi) is 6.43. The summed E-state index contributed by atoms with van der Waals surface area (Å²) in [6.45, 7) is 5.81. The van der Waals surface area contributed by atoms with Crippen molar-refractivity contribution in [2.45, 2.75) is 44.6 Å². The van der Waals surface area contributed by atoms with Gasteiger partial charge in [-0.05, 0) is 31.4 Å². The van der Waals surface area contributed by atoms with Gasteiger partial charge in [-0.2, -0.15) is 0 Å². The number of rotatable bonds is 5. The van der Waals surface area contributed by atoms with Gasteiger partial charge in [0.15, 0.2) is 0 Å². The molecule has 2 fully saturated rings. The fourth-order valence-electron chi connectivity index (χ4n) is 4.21. The molecule has 1 amide bonds. The van der Waals surface area contributed by atoms with E-state index in [1.54, 1.807) is 25.1 Å². The maximum Gasteiger partial charge on any atom is 0.244 e. The first-order valence-corrected chi connectivity index (χ1v) is 9.65. The van der Waals surface area contributed by atoms with E-state index in [-0.39, 0.29) is 17.3 Å². The van der Waals surface area contributed by atoms with Crippen molar-refractivity contribution in [3.63, 3.8) is 0 Å². The second kappa shape index (κ2) is 8.78. The molecule has 1 aliphatic carbocycles. The van der Waals surface area contributed by atoms with Crippen LogP contribution in [0.25, 0.3) is 5.57 Å². The standard InChI is InChI=1S/C21H29FN2O2/c1-17(18-7-3-4-8-19(18)22)15-20(25)23-16-21(9-5-2-6-10-21)24-11-13-26-14-12-24/h3-4,7-8,15H,2,5-6,9-14,16H2,1H3,(H,23,25). The number of ether oxygens (including phenoxy) is 1. The Morgan fingerprint density at radius 2 is 1.92 bits per heavy atom. The maximum atomic E-state index is 13.9. The number of nitrogens with zero attached hydrogens (tertiary/aromatic N) is 1. The molecule has 0 atom stereocenters. The molecule has 26 heavy (non-hydrogen) atoms. The maximum absolute atomic E-state index is 13.9. The third kappa shape index (κ3) is 4.51. The fraction of sp³-hybridized carbons (Fsp3) is 0.571. The van der Waals surface area contributed by atoms with E-state index in [9.17, 15) is 9.18 Å². The first-order valence-electron chi connectivity index (χ1n) is 9.65. The first kappa shape index (κ1) is 19.1. The average Bonchev–Trinajstić information content (AvgIpc) is 2.68. The van der Waals surface area contributed by atoms with E-state index in [1.807, 2.05) is 0 Å². The number of carbonyl (C=O) groups is 1. The molecule has 5 heteroatoms. The minimum Gasteiger partial charge on any atom is -0.379 e. The van der Waals surface area contributed by atoms with Crippen LogP contribution in [0.1, 0.15) is 44.6 Å². The fourth-order valence-corrected chi connectivity index (χ4v) is 4.21. The van der Waals surface area contributed by atoms with Gasteiger partial charge in [-0.25, -0.2) is 4.39 Å². The highest BCUT2D eigenvalue weighted by atomic mass is 19.1. The summed E-state index contributed by atoms with van der Waals surface area (Å²) >= 11 is 0. The van der Waals surface area contributed by atoms with Gasteiger partial charge < -0.3 is 10.1 Å². The van der Waals surface area contributed by atoms with Crippen LogP contribution in [0.15, 0.2) is 30.3 Å². The Bertz CT molecular complexity index is 647. The summed E-state index contributed by atoms with van der Waals surface area (Å²) in [4.78, 5) is 15.0. The number of halogens is 1. The summed E-state index contributed by atoms with van der Waals surface area (Å²) in [7, 11) is 0. The molecular formula is C21H29FN2O2. The molecule has 3 rings (SSSR count). The number of hydrogen-bond acceptors (Lipinski definition) is 3. The van der Waals surface area contributed by atoms with E-state index in [2.05, 4.69) is 10.2 Å². The van der Waals surface area contributed by atoms with E-state index in [4.69, 9.17) is 4.74 Å². The van der Waals surface area contributed by atoms with Crippen molar-refractivity contribution >= 4 is 11.5 Å². The van der Waals surface area contributed by atoms with Crippen LogP contribution in [0, 0.1) is 5.82 Å². The number of hydrogen-bond donors (Lipinski definition) is 1. The highest BCUT2D eigenvalue weighted by molar-refractivity contribution is 5.94. The molecule has 0 spiro atoms. The predicted octanol–water partition coefficient (Wildman–Crippen LogP) is 3.38. The smallest absolute Gasteiger partial charge is 0.244 e. The Labute approximate surface area is 155 Å². The molecule has 1 N–H and O–H groups in total. The van der Waals surface area contributed by atoms with Crippen LogP contribution in [0.2, 0.25) is 0 Å². The summed E-state index contributed by atoms with van der Waals surface area (Å²) < 4.78 is 19.4. The van der Waals surface area contributed by atoms with E-state index in [1.165, 1.54) is 31.4 Å². The van der Waals surface area contributed by atoms with Gasteiger partial charge in [0, 0.05) is 36.8 Å². The largest absolute Gasteiger partial charge is 0.379 e. The molecule has 0 aromatic heterocycles. The van der Waals surface area contributed by atoms with Gasteiger partial charge in [-0.15, -0.1) is 0 Å². The van der Waals surface area contributed by atoms with Crippen LogP contribution < -0.4 is 5.32 Å². The van der Waals surface area contributed by atoms with Crippen LogP contribution in [0.4, 0.5) is 4.39 Å². The molecule has 1 saturated heterocycles. The van der Waals surface area contributed by atoms with Gasteiger partial charge in [0.2, 0.25) is 5.91 Å². The van der Waals surface area contributed by atoms with Crippen molar-refractivity contribution in [3.8, 4) is 0 Å². The lowest BCUT2D eigenvalue weighted by atomic mass is 9.79. The Morgan fingerprint density at radius 3 is 2.62 bits per heavy atom. The van der Waals surface area contributed by atoms with Crippen molar-refractivity contribution in [2.75, 3.05) is 32.8 Å². The highest BCUT2D eigenvalue weighted by Gasteiger charge is 2.38. The van der Waals surface area contributed by atoms with Crippen LogP contribution in [0.3, 0.4) is 0 Å². The molecule has 1 saturated carbocycles. The van der Waals surface area contributed by atoms with Crippen molar-refractivity contribution in [1.29, 1.82) is 0 Å². The second-order valence-electron chi connectivity index (χ2n) is 7.41. The van der Waals surface area contributed by atoms with Gasteiger partial charge in [-0.1, -0.05) is 37.5 Å². The predicted molar refractivity (Wildman–Crippen MR) is 101 cm³/mol. The van der Waals surface area contributed by atoms with Crippen molar-refractivity contribution in [2.24, 2.45) is 0 Å². The summed E-state index contributed by atoms with van der Waals surface area (Å²) in [6.07, 6.45) is 7.42. The number of allylic oxidation sites excluding steroid dienone is 1. The van der Waals surface area contributed by atoms with Crippen molar-refractivity contribution < 1.29 is 13.9 Å². The molecule has 0 unspecified atom stereocenters. The summed E-state index contributed by atoms with van der Waals surface area (Å²) in [5.74, 6) is -0.449. The van der Waals surface area contributed by atoms with Crippen molar-refractivity contribution in [3.05, 3.63) is 41.7 Å². The van der Waals surface area contributed by atoms with Gasteiger partial charge in [0.25, 0.3) is 0 Å². The van der Waals surface area contributed by atoms with Crippen molar-refractivity contribution in [1.82, 2.24) is 10.2 Å². The number of benzene rings is 1. The number of amides is 1. The molecule has 0 radical (unpaired) electrons. The van der Waals surface area contributed by atoms with E-state index in [0.29, 0.717) is 17.7 Å². The Balaban J connectivity index is 1.65. The Hall–Kier alpha value is -1.72. The van der Waals surface area contributed by atoms with Gasteiger partial charge >= 0.3 is 0 Å². The minimum absolute atomic E-state index is 0.0391. The molecule has 142 valence electrons. The van der Waals surface area contributed by atoms with Crippen LogP contribution >= 0.6 is 0 Å². The molecule has 1 aliphatic heterocycles. The molecular weight excluding hydrogens is 331 g/mol. The van der Waals surface area contributed by atoms with Gasteiger partial charge in [0.1, 0.15) is 5.82 Å². The van der Waals surface area contributed by atoms with Crippen LogP contribution in [-0.4, -0.2) is 49.2 Å². The third-order valence-electron chi connectivity index (χ3n) is 5.70. The van der Waals surface area contributed by atoms with E-state index >= 15 is 0 Å². The van der Waals surface area contributed by atoms with E-state index < -0.39 is 0 Å². The van der Waals surface area contributed by atoms with Gasteiger partial charge in [-0.3, -0.25) is 9.69 Å². The zero-order valence-corrected chi connectivity index (χ0v) is 15.6. The average molecular weight is 360 g/mol. The number of carbonyl (C=O) groups excluding carboxylic acids is 1. The van der Waals surface area contributed by atoms with Gasteiger partial charge in [0.05, 0.1) is 13.2 Å². The van der Waals surface area contributed by atoms with Crippen LogP contribution in [0.5, 0.6) is 0 Å². The Morgan fingerprint density at radius 1 is 1.23 bits per heavy atom. The van der Waals surface area contributed by atoms with E-state index in [0.717, 1.165) is 39.1 Å². The van der Waals surface area contributed by atoms with Crippen LogP contribution in [-0.2, 0) is 9.53 Å². The summed E-state index contributed by atoms with van der Waals surface area (Å²) in [5.41, 5.74) is 1.16.